The number of piperazine rings is 1. The van der Waals surface area contributed by atoms with Crippen molar-refractivity contribution in [3.05, 3.63) is 30.0 Å². The number of fused-ring (bicyclic) bond motifs is 1. The van der Waals surface area contributed by atoms with Crippen molar-refractivity contribution in [2.75, 3.05) is 39.9 Å². The van der Waals surface area contributed by atoms with Gasteiger partial charge in [0, 0.05) is 31.6 Å². The van der Waals surface area contributed by atoms with Crippen LogP contribution >= 0.6 is 0 Å². The molecule has 0 N–H and O–H groups in total. The van der Waals surface area contributed by atoms with Gasteiger partial charge in [-0.05, 0) is 19.1 Å². The van der Waals surface area contributed by atoms with Crippen molar-refractivity contribution < 1.29 is 23.5 Å². The molecule has 2 aromatic rings. The third-order valence-electron chi connectivity index (χ3n) is 4.03. The number of carbonyl (C=O) groups excluding carboxylic acids is 2. The van der Waals surface area contributed by atoms with Crippen molar-refractivity contribution in [3.63, 3.8) is 0 Å². The lowest BCUT2D eigenvalue weighted by molar-refractivity contribution is 0.0548. The molecule has 1 aromatic carbocycles. The van der Waals surface area contributed by atoms with Crippen LogP contribution in [-0.2, 0) is 4.74 Å². The maximum Gasteiger partial charge on any atom is 0.409 e. The lowest BCUT2D eigenvalue weighted by Gasteiger charge is -2.33. The van der Waals surface area contributed by atoms with Crippen LogP contribution in [0, 0.1) is 0 Å². The monoisotopic (exact) mass is 332 g/mol. The molecule has 0 bridgehead atoms. The summed E-state index contributed by atoms with van der Waals surface area (Å²) in [6.07, 6.45) is -0.335. The van der Waals surface area contributed by atoms with Gasteiger partial charge in [-0.15, -0.1) is 0 Å². The number of nitrogens with zero attached hydrogens (tertiary/aromatic N) is 2. The average Bonchev–Trinajstić information content (AvgIpc) is 3.05. The van der Waals surface area contributed by atoms with Crippen molar-refractivity contribution in [1.82, 2.24) is 9.80 Å². The number of amides is 2. The maximum atomic E-state index is 12.6. The Morgan fingerprint density at radius 2 is 1.88 bits per heavy atom. The quantitative estimate of drug-likeness (QED) is 0.863. The number of benzene rings is 1. The second kappa shape index (κ2) is 6.82. The number of rotatable bonds is 3. The fourth-order valence-electron chi connectivity index (χ4n) is 2.77. The van der Waals surface area contributed by atoms with Crippen molar-refractivity contribution >= 4 is 23.0 Å². The van der Waals surface area contributed by atoms with Gasteiger partial charge in [0.1, 0.15) is 0 Å². The third kappa shape index (κ3) is 3.02. The summed E-state index contributed by atoms with van der Waals surface area (Å²) in [5, 5.41) is 0.822. The van der Waals surface area contributed by atoms with Gasteiger partial charge in [0.15, 0.2) is 17.1 Å². The van der Waals surface area contributed by atoms with Crippen molar-refractivity contribution in [2.24, 2.45) is 0 Å². The largest absolute Gasteiger partial charge is 0.493 e. The van der Waals surface area contributed by atoms with Crippen molar-refractivity contribution in [1.29, 1.82) is 0 Å². The molecule has 24 heavy (non-hydrogen) atoms. The first-order chi connectivity index (χ1) is 11.6. The molecular formula is C17H20N2O5. The highest BCUT2D eigenvalue weighted by Crippen LogP contribution is 2.29. The van der Waals surface area contributed by atoms with Gasteiger partial charge < -0.3 is 23.7 Å². The molecule has 7 nitrogen and oxygen atoms in total. The Labute approximate surface area is 139 Å². The standard InChI is InChI=1S/C17H20N2O5/c1-3-23-17(21)19-9-7-18(8-10-19)16(20)14-11-12-5-4-6-13(22-2)15(12)24-14/h4-6,11H,3,7-10H2,1-2H3. The van der Waals surface area contributed by atoms with Gasteiger partial charge >= 0.3 is 6.09 Å². The lowest BCUT2D eigenvalue weighted by Crippen LogP contribution is -2.50. The highest BCUT2D eigenvalue weighted by atomic mass is 16.6. The lowest BCUT2D eigenvalue weighted by atomic mass is 10.2. The Kier molecular flexibility index (Phi) is 4.59. The molecule has 1 aliphatic rings. The molecular weight excluding hydrogens is 312 g/mol. The van der Waals surface area contributed by atoms with E-state index in [0.717, 1.165) is 5.39 Å². The SMILES string of the molecule is CCOC(=O)N1CCN(C(=O)c2cc3cccc(OC)c3o2)CC1. The van der Waals surface area contributed by atoms with Crippen LogP contribution in [0.25, 0.3) is 11.0 Å². The second-order valence-corrected chi connectivity index (χ2v) is 5.47. The first kappa shape index (κ1) is 16.2. The Balaban J connectivity index is 1.71. The van der Waals surface area contributed by atoms with Crippen molar-refractivity contribution in [2.45, 2.75) is 6.92 Å². The molecule has 1 aromatic heterocycles. The van der Waals surface area contributed by atoms with E-state index in [9.17, 15) is 9.59 Å². The Hall–Kier alpha value is -2.70. The van der Waals surface area contributed by atoms with Crippen LogP contribution in [-0.4, -0.2) is 61.7 Å². The summed E-state index contributed by atoms with van der Waals surface area (Å²) < 4.78 is 15.9. The minimum Gasteiger partial charge on any atom is -0.493 e. The van der Waals surface area contributed by atoms with Gasteiger partial charge in [0.25, 0.3) is 5.91 Å². The summed E-state index contributed by atoms with van der Waals surface area (Å²) in [4.78, 5) is 27.6. The molecule has 2 heterocycles. The average molecular weight is 332 g/mol. The van der Waals surface area contributed by atoms with Crippen LogP contribution in [0.1, 0.15) is 17.5 Å². The molecule has 1 saturated heterocycles. The number of methoxy groups -OCH3 is 1. The van der Waals surface area contributed by atoms with E-state index in [0.29, 0.717) is 44.1 Å². The number of ether oxygens (including phenoxy) is 2. The summed E-state index contributed by atoms with van der Waals surface area (Å²) in [6, 6.07) is 7.23. The summed E-state index contributed by atoms with van der Waals surface area (Å²) in [5.74, 6) is 0.689. The molecule has 7 heteroatoms. The van der Waals surface area contributed by atoms with Crippen LogP contribution in [0.2, 0.25) is 0 Å². The third-order valence-corrected chi connectivity index (χ3v) is 4.03. The zero-order valence-corrected chi connectivity index (χ0v) is 13.8. The normalized spacial score (nSPS) is 14.8. The molecule has 3 rings (SSSR count). The van der Waals surface area contributed by atoms with E-state index < -0.39 is 0 Å². The van der Waals surface area contributed by atoms with Gasteiger partial charge in [-0.3, -0.25) is 4.79 Å². The fraction of sp³-hybridized carbons (Fsp3) is 0.412. The molecule has 0 aliphatic carbocycles. The van der Waals surface area contributed by atoms with Crippen LogP contribution in [0.5, 0.6) is 5.75 Å². The molecule has 1 fully saturated rings. The number of carbonyl (C=O) groups is 2. The number of furan rings is 1. The Morgan fingerprint density at radius 1 is 1.17 bits per heavy atom. The Bertz CT molecular complexity index is 747. The molecule has 0 unspecified atom stereocenters. The second-order valence-electron chi connectivity index (χ2n) is 5.47. The fourth-order valence-corrected chi connectivity index (χ4v) is 2.77. The van der Waals surface area contributed by atoms with Crippen molar-refractivity contribution in [3.8, 4) is 5.75 Å². The summed E-state index contributed by atoms with van der Waals surface area (Å²) in [5.41, 5.74) is 0.563. The summed E-state index contributed by atoms with van der Waals surface area (Å²) >= 11 is 0. The van der Waals surface area contributed by atoms with E-state index in [1.54, 1.807) is 36.0 Å². The molecule has 128 valence electrons. The van der Waals surface area contributed by atoms with E-state index in [4.69, 9.17) is 13.9 Å². The number of hydrogen-bond acceptors (Lipinski definition) is 5. The maximum absolute atomic E-state index is 12.6. The minimum absolute atomic E-state index is 0.184. The van der Waals surface area contributed by atoms with Crippen LogP contribution < -0.4 is 4.74 Å². The van der Waals surface area contributed by atoms with Gasteiger partial charge in [-0.25, -0.2) is 4.79 Å². The van der Waals surface area contributed by atoms with E-state index in [1.165, 1.54) is 0 Å². The van der Waals surface area contributed by atoms with E-state index in [1.807, 2.05) is 12.1 Å². The van der Waals surface area contributed by atoms with Crippen LogP contribution in [0.4, 0.5) is 4.79 Å². The molecule has 0 saturated carbocycles. The van der Waals surface area contributed by atoms with Gasteiger partial charge in [-0.1, -0.05) is 12.1 Å². The van der Waals surface area contributed by atoms with Gasteiger partial charge in [0.05, 0.1) is 13.7 Å². The van der Waals surface area contributed by atoms with E-state index in [2.05, 4.69) is 0 Å². The smallest absolute Gasteiger partial charge is 0.409 e. The molecule has 0 radical (unpaired) electrons. The molecule has 0 atom stereocenters. The number of hydrogen-bond donors (Lipinski definition) is 0. The predicted molar refractivity (Wildman–Crippen MR) is 87.3 cm³/mol. The predicted octanol–water partition coefficient (Wildman–Crippen LogP) is 2.36. The van der Waals surface area contributed by atoms with Gasteiger partial charge in [-0.2, -0.15) is 0 Å². The Morgan fingerprint density at radius 3 is 2.54 bits per heavy atom. The number of para-hydroxylation sites is 1. The van der Waals surface area contributed by atoms with Crippen LogP contribution in [0.3, 0.4) is 0 Å². The zero-order valence-electron chi connectivity index (χ0n) is 13.8. The van der Waals surface area contributed by atoms with E-state index in [-0.39, 0.29) is 17.8 Å². The minimum atomic E-state index is -0.335. The van der Waals surface area contributed by atoms with E-state index >= 15 is 0 Å². The zero-order chi connectivity index (χ0) is 17.1. The molecule has 0 spiro atoms. The highest BCUT2D eigenvalue weighted by Gasteiger charge is 2.27. The van der Waals surface area contributed by atoms with Crippen LogP contribution in [0.15, 0.2) is 28.7 Å². The molecule has 1 aliphatic heterocycles. The summed E-state index contributed by atoms with van der Waals surface area (Å²) in [7, 11) is 1.56. The first-order valence-electron chi connectivity index (χ1n) is 7.91. The molecule has 2 amide bonds. The topological polar surface area (TPSA) is 72.2 Å². The first-order valence-corrected chi connectivity index (χ1v) is 7.91. The van der Waals surface area contributed by atoms with Gasteiger partial charge in [0.2, 0.25) is 0 Å². The summed E-state index contributed by atoms with van der Waals surface area (Å²) in [6.45, 7) is 3.92. The highest BCUT2D eigenvalue weighted by molar-refractivity contribution is 5.97.